The van der Waals surface area contributed by atoms with Crippen molar-refractivity contribution in [2.75, 3.05) is 0 Å². The van der Waals surface area contributed by atoms with Crippen molar-refractivity contribution in [3.05, 3.63) is 141 Å². The summed E-state index contributed by atoms with van der Waals surface area (Å²) < 4.78 is 0. The van der Waals surface area contributed by atoms with Crippen molar-refractivity contribution < 1.29 is 52.4 Å². The summed E-state index contributed by atoms with van der Waals surface area (Å²) in [5.41, 5.74) is 6.74. The van der Waals surface area contributed by atoms with Crippen molar-refractivity contribution in [1.82, 2.24) is 0 Å². The Bertz CT molecular complexity index is 292. The van der Waals surface area contributed by atoms with Crippen molar-refractivity contribution >= 4 is 6.21 Å². The molecule has 0 atom stereocenters. The van der Waals surface area contributed by atoms with Crippen LogP contribution in [0.1, 0.15) is 41.5 Å². The second kappa shape index (κ2) is 30.5. The first-order chi connectivity index (χ1) is 15.1. The number of nitrogens with zero attached hydrogens (tertiary/aromatic N) is 1. The number of aliphatic imine (C=N–C) groups is 1. The summed E-state index contributed by atoms with van der Waals surface area (Å²) in [6.45, 7) is 15.2. The molecule has 0 unspecified atom stereocenters. The van der Waals surface area contributed by atoms with Crippen LogP contribution in [0.25, 0.3) is 5.73 Å². The molecule has 0 aromatic rings. The smallest absolute Gasteiger partial charge is 0.673 e. The largest absolute Gasteiger partial charge is 4.00 e. The van der Waals surface area contributed by atoms with Gasteiger partial charge < -0.3 is 17.6 Å². The Kier molecular flexibility index (Phi) is 38.0. The van der Waals surface area contributed by atoms with Gasteiger partial charge in [0.2, 0.25) is 0 Å². The zero-order valence-electron chi connectivity index (χ0n) is 21.8. The van der Waals surface area contributed by atoms with E-state index in [1.165, 1.54) is 0 Å². The first-order valence-electron chi connectivity index (χ1n) is 10.8. The fourth-order valence-electron chi connectivity index (χ4n) is 1.56. The Balaban J connectivity index is -0.000000157. The first kappa shape index (κ1) is 42.4. The molecular weight excluding hydrogens is 571 g/mol. The van der Waals surface area contributed by atoms with E-state index in [4.69, 9.17) is 5.73 Å². The van der Waals surface area contributed by atoms with Crippen LogP contribution >= 0.6 is 0 Å². The molecule has 34 heavy (non-hydrogen) atoms. The maximum Gasteiger partial charge on any atom is 4.00 e. The van der Waals surface area contributed by atoms with Gasteiger partial charge in [-0.15, -0.1) is 11.8 Å². The number of hydrogen-bond donors (Lipinski definition) is 0. The molecule has 0 saturated heterocycles. The van der Waals surface area contributed by atoms with E-state index in [1.54, 1.807) is 6.21 Å². The third-order valence-electron chi connectivity index (χ3n) is 2.70. The van der Waals surface area contributed by atoms with Crippen LogP contribution in [-0.2, 0) is 52.4 Å². The summed E-state index contributed by atoms with van der Waals surface area (Å²) >= 11 is 0. The summed E-state index contributed by atoms with van der Waals surface area (Å²) in [6, 6.07) is 0. The monoisotopic (exact) mass is 610 g/mol. The van der Waals surface area contributed by atoms with Crippen molar-refractivity contribution in [3.8, 4) is 0 Å². The minimum atomic E-state index is -0.250. The van der Waals surface area contributed by atoms with Gasteiger partial charge in [0.25, 0.3) is 0 Å². The average Bonchev–Trinajstić information content (AvgIpc) is 3.55. The van der Waals surface area contributed by atoms with E-state index in [0.717, 1.165) is 0 Å². The van der Waals surface area contributed by atoms with Crippen LogP contribution in [0.3, 0.4) is 0 Å². The Morgan fingerprint density at radius 1 is 0.500 bits per heavy atom. The van der Waals surface area contributed by atoms with E-state index in [2.05, 4.69) is 11.9 Å². The molecule has 0 aromatic heterocycles. The van der Waals surface area contributed by atoms with Crippen molar-refractivity contribution in [2.24, 2.45) is 4.99 Å². The van der Waals surface area contributed by atoms with Gasteiger partial charge >= 0.3 is 52.4 Å². The molecule has 0 bridgehead atoms. The minimum absolute atomic E-state index is 0. The predicted octanol–water partition coefficient (Wildman–Crippen LogP) is 7.61. The minimum Gasteiger partial charge on any atom is -0.673 e. The van der Waals surface area contributed by atoms with Crippen molar-refractivity contribution in [1.29, 1.82) is 0 Å². The van der Waals surface area contributed by atoms with E-state index in [-0.39, 0.29) is 63.5 Å². The maximum absolute atomic E-state index is 6.94. The maximum atomic E-state index is 6.94. The fourth-order valence-corrected chi connectivity index (χ4v) is 1.56. The predicted molar refractivity (Wildman–Crippen MR) is 144 cm³/mol. The van der Waals surface area contributed by atoms with Crippen LogP contribution in [0.5, 0.6) is 0 Å². The molecule has 0 amide bonds. The zero-order chi connectivity index (χ0) is 24.6. The number of rotatable bonds is 0. The molecule has 0 heterocycles. The van der Waals surface area contributed by atoms with Crippen LogP contribution in [0.2, 0.25) is 0 Å². The Morgan fingerprint density at radius 2 is 0.618 bits per heavy atom. The van der Waals surface area contributed by atoms with Gasteiger partial charge in [-0.25, -0.2) is 0 Å². The van der Waals surface area contributed by atoms with E-state index >= 15 is 0 Å². The van der Waals surface area contributed by atoms with Gasteiger partial charge in [0.05, 0.1) is 0 Å². The fraction of sp³-hybridized carbons (Fsp3) is 0.267. The van der Waals surface area contributed by atoms with Crippen LogP contribution < -0.4 is 0 Å². The Morgan fingerprint density at radius 3 is 0.647 bits per heavy atom. The molecule has 0 aliphatic heterocycles. The first-order valence-corrected chi connectivity index (χ1v) is 10.8. The van der Waals surface area contributed by atoms with E-state index in [0.29, 0.717) is 0 Å². The molecule has 4 fully saturated rings. The van der Waals surface area contributed by atoms with Gasteiger partial charge in [-0.3, -0.25) is 0 Å². The molecular formula is C30H42N2Zr2+4. The molecule has 4 heteroatoms. The van der Waals surface area contributed by atoms with Crippen molar-refractivity contribution in [3.63, 3.8) is 0 Å². The van der Waals surface area contributed by atoms with E-state index < -0.39 is 0 Å². The SMILES string of the molecule is CC(C)(C)[NH-].[CH2-]C=NC(C)(C)C.[CH]1[CH][CH][CH][CH]1.[CH]1[CH][CH][CH][CH]1.[CH]1[CH][CH][CH][CH]1.[CH]1[CH][CH][CH][CH]1.[Zr+2].[Zr+4]. The molecule has 20 radical (unpaired) electrons. The normalized spacial score (nSPS) is 18.6. The summed E-state index contributed by atoms with van der Waals surface area (Å²) in [4.78, 5) is 4.02. The van der Waals surface area contributed by atoms with Gasteiger partial charge in [0.15, 0.2) is 0 Å². The zero-order valence-corrected chi connectivity index (χ0v) is 26.7. The van der Waals surface area contributed by atoms with Gasteiger partial charge in [0.1, 0.15) is 0 Å². The number of nitrogens with one attached hydrogen (secondary N) is 1. The quantitative estimate of drug-likeness (QED) is 0.199. The standard InChI is InChI=1S/C6H12N.4C5H5.C4H10N.2Zr/c1-5-7-6(2,3)4;4*1-2-4-5-3-1;1-4(2,3)5;;/h5H,1H2,2-4H3;4*1-5H;5H,1-3H3;;/q-1;;;;;-1;+2;+4. The summed E-state index contributed by atoms with van der Waals surface area (Å²) in [6.07, 6.45) is 41.6. The Hall–Kier alpha value is 1.27. The van der Waals surface area contributed by atoms with Crippen LogP contribution in [-0.4, -0.2) is 17.3 Å². The summed E-state index contributed by atoms with van der Waals surface area (Å²) in [5.74, 6) is 0. The van der Waals surface area contributed by atoms with Crippen molar-refractivity contribution in [2.45, 2.75) is 52.6 Å². The molecule has 0 aromatic carbocycles. The number of hydrogen-bond acceptors (Lipinski definition) is 1. The van der Waals surface area contributed by atoms with Gasteiger partial charge in [-0.05, 0) is 149 Å². The molecule has 1 N–H and O–H groups in total. The van der Waals surface area contributed by atoms with Gasteiger partial charge in [0, 0.05) is 5.54 Å². The van der Waals surface area contributed by atoms with Crippen LogP contribution in [0.15, 0.2) is 4.99 Å². The molecule has 0 spiro atoms. The molecule has 4 aliphatic carbocycles. The van der Waals surface area contributed by atoms with E-state index in [1.807, 2.05) is 170 Å². The third-order valence-corrected chi connectivity index (χ3v) is 2.70. The van der Waals surface area contributed by atoms with Gasteiger partial charge in [-0.2, -0.15) is 0 Å². The topological polar surface area (TPSA) is 36.2 Å². The molecule has 4 saturated carbocycles. The summed E-state index contributed by atoms with van der Waals surface area (Å²) in [7, 11) is 0. The molecule has 176 valence electrons. The average molecular weight is 613 g/mol. The molecule has 4 rings (SSSR count). The Labute approximate surface area is 255 Å². The molecule has 2 nitrogen and oxygen atoms in total. The van der Waals surface area contributed by atoms with Crippen LogP contribution in [0.4, 0.5) is 0 Å². The van der Waals surface area contributed by atoms with Gasteiger partial charge in [-0.1, -0.05) is 20.8 Å². The van der Waals surface area contributed by atoms with Crippen LogP contribution in [0, 0.1) is 135 Å². The second-order valence-electron chi connectivity index (χ2n) is 8.58. The molecule has 4 aliphatic rings. The summed E-state index contributed by atoms with van der Waals surface area (Å²) in [5, 5.41) is 0. The second-order valence-corrected chi connectivity index (χ2v) is 8.58. The van der Waals surface area contributed by atoms with E-state index in [9.17, 15) is 0 Å². The third kappa shape index (κ3) is 54.3.